The van der Waals surface area contributed by atoms with Gasteiger partial charge in [0.1, 0.15) is 6.10 Å². The number of carbonyl (C=O) groups is 1. The van der Waals surface area contributed by atoms with Crippen molar-refractivity contribution in [3.05, 3.63) is 59.7 Å². The molecule has 0 aliphatic carbocycles. The Morgan fingerprint density at radius 3 is 2.45 bits per heavy atom. The van der Waals surface area contributed by atoms with Gasteiger partial charge in [-0.2, -0.15) is 0 Å². The molecule has 1 aliphatic heterocycles. The Bertz CT molecular complexity index is 988. The van der Waals surface area contributed by atoms with E-state index < -0.39 is 22.2 Å². The standard InChI is InChI=1S/C22H28N2O6S/c1-16-8-9-20(21(14-16)29-2)30-18-10-12-24(13-11-18)31(27,28)15-19(23-22(25)26)17-6-4-3-5-7-17/h3-9,14,18-19,23H,10-13,15H2,1-2H3,(H,25,26). The zero-order valence-electron chi connectivity index (χ0n) is 17.7. The molecule has 3 rings (SSSR count). The lowest BCUT2D eigenvalue weighted by atomic mass is 10.1. The monoisotopic (exact) mass is 448 g/mol. The minimum absolute atomic E-state index is 0.120. The Kier molecular flexibility index (Phi) is 7.40. The molecule has 1 fully saturated rings. The maximum atomic E-state index is 13.0. The van der Waals surface area contributed by atoms with Gasteiger partial charge in [-0.1, -0.05) is 36.4 Å². The van der Waals surface area contributed by atoms with Crippen molar-refractivity contribution in [1.29, 1.82) is 0 Å². The van der Waals surface area contributed by atoms with Gasteiger partial charge >= 0.3 is 6.09 Å². The number of rotatable bonds is 8. The highest BCUT2D eigenvalue weighted by molar-refractivity contribution is 7.89. The van der Waals surface area contributed by atoms with E-state index in [1.807, 2.05) is 25.1 Å². The van der Waals surface area contributed by atoms with Crippen LogP contribution < -0.4 is 14.8 Å². The fourth-order valence-electron chi connectivity index (χ4n) is 3.65. The number of sulfonamides is 1. The third-order valence-electron chi connectivity index (χ3n) is 5.28. The van der Waals surface area contributed by atoms with Crippen molar-refractivity contribution in [2.75, 3.05) is 26.0 Å². The first-order valence-electron chi connectivity index (χ1n) is 10.1. The molecule has 9 heteroatoms. The Balaban J connectivity index is 1.63. The molecule has 1 aliphatic rings. The highest BCUT2D eigenvalue weighted by Gasteiger charge is 2.32. The van der Waals surface area contributed by atoms with E-state index >= 15 is 0 Å². The van der Waals surface area contributed by atoms with Crippen LogP contribution >= 0.6 is 0 Å². The number of piperidine rings is 1. The Morgan fingerprint density at radius 2 is 1.84 bits per heavy atom. The van der Waals surface area contributed by atoms with E-state index in [1.165, 1.54) is 4.31 Å². The van der Waals surface area contributed by atoms with Crippen LogP contribution in [0.25, 0.3) is 0 Å². The summed E-state index contributed by atoms with van der Waals surface area (Å²) in [7, 11) is -2.08. The van der Waals surface area contributed by atoms with Crippen molar-refractivity contribution >= 4 is 16.1 Å². The number of benzene rings is 2. The van der Waals surface area contributed by atoms with Crippen molar-refractivity contribution in [1.82, 2.24) is 9.62 Å². The molecule has 2 aromatic rings. The highest BCUT2D eigenvalue weighted by Crippen LogP contribution is 2.31. The first-order chi connectivity index (χ1) is 14.8. The predicted molar refractivity (Wildman–Crippen MR) is 117 cm³/mol. The smallest absolute Gasteiger partial charge is 0.405 e. The zero-order valence-corrected chi connectivity index (χ0v) is 18.5. The highest BCUT2D eigenvalue weighted by atomic mass is 32.2. The van der Waals surface area contributed by atoms with Crippen LogP contribution in [0.2, 0.25) is 0 Å². The quantitative estimate of drug-likeness (QED) is 0.643. The lowest BCUT2D eigenvalue weighted by molar-refractivity contribution is 0.131. The Morgan fingerprint density at radius 1 is 1.16 bits per heavy atom. The number of amides is 1. The molecular formula is C22H28N2O6S. The normalized spacial score (nSPS) is 16.5. The Hall–Kier alpha value is -2.78. The topological polar surface area (TPSA) is 105 Å². The number of nitrogens with one attached hydrogen (secondary N) is 1. The summed E-state index contributed by atoms with van der Waals surface area (Å²) in [6, 6.07) is 13.6. The zero-order chi connectivity index (χ0) is 22.4. The summed E-state index contributed by atoms with van der Waals surface area (Å²) in [4.78, 5) is 11.2. The van der Waals surface area contributed by atoms with Crippen LogP contribution in [0.15, 0.2) is 48.5 Å². The maximum absolute atomic E-state index is 13.0. The van der Waals surface area contributed by atoms with Gasteiger partial charge in [0.2, 0.25) is 10.0 Å². The maximum Gasteiger partial charge on any atom is 0.405 e. The average molecular weight is 449 g/mol. The number of carboxylic acid groups (broad SMARTS) is 1. The van der Waals surface area contributed by atoms with Gasteiger partial charge in [-0.05, 0) is 43.0 Å². The molecule has 2 aromatic carbocycles. The first-order valence-corrected chi connectivity index (χ1v) is 11.7. The van der Waals surface area contributed by atoms with Crippen LogP contribution in [0.4, 0.5) is 4.79 Å². The number of aryl methyl sites for hydroxylation is 1. The molecule has 0 saturated carbocycles. The number of ether oxygens (including phenoxy) is 2. The molecule has 0 radical (unpaired) electrons. The third-order valence-corrected chi connectivity index (χ3v) is 7.19. The molecule has 8 nitrogen and oxygen atoms in total. The van der Waals surface area contributed by atoms with Gasteiger partial charge in [0, 0.05) is 13.1 Å². The average Bonchev–Trinajstić information content (AvgIpc) is 2.75. The Labute approximate surface area is 182 Å². The van der Waals surface area contributed by atoms with Crippen molar-refractivity contribution in [3.63, 3.8) is 0 Å². The largest absolute Gasteiger partial charge is 0.493 e. The van der Waals surface area contributed by atoms with E-state index in [4.69, 9.17) is 14.6 Å². The molecule has 31 heavy (non-hydrogen) atoms. The predicted octanol–water partition coefficient (Wildman–Crippen LogP) is 3.19. The summed E-state index contributed by atoms with van der Waals surface area (Å²) in [6.07, 6.45) is -0.301. The van der Waals surface area contributed by atoms with Crippen LogP contribution in [0.1, 0.15) is 30.0 Å². The van der Waals surface area contributed by atoms with E-state index in [9.17, 15) is 13.2 Å². The van der Waals surface area contributed by atoms with E-state index in [0.717, 1.165) is 5.56 Å². The minimum Gasteiger partial charge on any atom is -0.493 e. The molecule has 0 bridgehead atoms. The number of hydrogen-bond acceptors (Lipinski definition) is 5. The van der Waals surface area contributed by atoms with E-state index in [-0.39, 0.29) is 11.9 Å². The van der Waals surface area contributed by atoms with Crippen molar-refractivity contribution in [2.24, 2.45) is 0 Å². The van der Waals surface area contributed by atoms with Crippen LogP contribution in [0.3, 0.4) is 0 Å². The van der Waals surface area contributed by atoms with Gasteiger partial charge in [-0.15, -0.1) is 0 Å². The summed E-state index contributed by atoms with van der Waals surface area (Å²) in [5.41, 5.74) is 1.67. The molecule has 1 amide bonds. The van der Waals surface area contributed by atoms with Gasteiger partial charge in [0.05, 0.1) is 18.9 Å². The van der Waals surface area contributed by atoms with Crippen molar-refractivity contribution in [2.45, 2.75) is 31.9 Å². The van der Waals surface area contributed by atoms with Crippen LogP contribution in [0.5, 0.6) is 11.5 Å². The van der Waals surface area contributed by atoms with Crippen molar-refractivity contribution < 1.29 is 27.8 Å². The van der Waals surface area contributed by atoms with Gasteiger partial charge in [-0.25, -0.2) is 17.5 Å². The molecule has 0 spiro atoms. The van der Waals surface area contributed by atoms with Crippen molar-refractivity contribution in [3.8, 4) is 11.5 Å². The fraction of sp³-hybridized carbons (Fsp3) is 0.409. The van der Waals surface area contributed by atoms with Crippen LogP contribution in [-0.2, 0) is 10.0 Å². The summed E-state index contributed by atoms with van der Waals surface area (Å²) in [6.45, 7) is 2.60. The molecule has 1 unspecified atom stereocenters. The molecule has 1 heterocycles. The summed E-state index contributed by atoms with van der Waals surface area (Å²) < 4.78 is 38.8. The number of hydrogen-bond donors (Lipinski definition) is 2. The molecule has 168 valence electrons. The molecule has 0 aromatic heterocycles. The summed E-state index contributed by atoms with van der Waals surface area (Å²) in [5, 5.41) is 11.5. The fourth-order valence-corrected chi connectivity index (χ4v) is 5.33. The lowest BCUT2D eigenvalue weighted by Crippen LogP contribution is -2.45. The van der Waals surface area contributed by atoms with E-state index in [2.05, 4.69) is 5.32 Å². The lowest BCUT2D eigenvalue weighted by Gasteiger charge is -2.32. The van der Waals surface area contributed by atoms with Gasteiger partial charge < -0.3 is 19.9 Å². The van der Waals surface area contributed by atoms with Gasteiger partial charge in [-0.3, -0.25) is 0 Å². The second kappa shape index (κ2) is 10.0. The molecule has 2 N–H and O–H groups in total. The summed E-state index contributed by atoms with van der Waals surface area (Å²) >= 11 is 0. The molecule has 1 saturated heterocycles. The van der Waals surface area contributed by atoms with Crippen LogP contribution in [0, 0.1) is 6.92 Å². The first kappa shape index (κ1) is 22.9. The SMILES string of the molecule is COc1cc(C)ccc1OC1CCN(S(=O)(=O)CC(NC(=O)O)c2ccccc2)CC1. The second-order valence-corrected chi connectivity index (χ2v) is 9.58. The molecular weight excluding hydrogens is 420 g/mol. The number of methoxy groups -OCH3 is 1. The van der Waals surface area contributed by atoms with E-state index in [0.29, 0.717) is 43.0 Å². The van der Waals surface area contributed by atoms with Crippen LogP contribution in [-0.4, -0.2) is 56.0 Å². The van der Waals surface area contributed by atoms with Gasteiger partial charge in [0.15, 0.2) is 11.5 Å². The summed E-state index contributed by atoms with van der Waals surface area (Å²) in [5.74, 6) is 0.963. The van der Waals surface area contributed by atoms with Gasteiger partial charge in [0.25, 0.3) is 0 Å². The molecule has 1 atom stereocenters. The number of nitrogens with zero attached hydrogens (tertiary/aromatic N) is 1. The minimum atomic E-state index is -3.66. The van der Waals surface area contributed by atoms with E-state index in [1.54, 1.807) is 37.4 Å². The third kappa shape index (κ3) is 6.11. The second-order valence-electron chi connectivity index (χ2n) is 7.56.